The molecule has 1 atom stereocenters. The molecule has 0 spiro atoms. The third kappa shape index (κ3) is 2.30. The van der Waals surface area contributed by atoms with Crippen molar-refractivity contribution in [2.75, 3.05) is 4.90 Å². The lowest BCUT2D eigenvalue weighted by molar-refractivity contribution is -0.115. The van der Waals surface area contributed by atoms with Crippen LogP contribution in [0.3, 0.4) is 0 Å². The third-order valence-corrected chi connectivity index (χ3v) is 3.50. The van der Waals surface area contributed by atoms with Crippen molar-refractivity contribution in [3.8, 4) is 5.75 Å². The molecule has 1 aliphatic heterocycles. The Morgan fingerprint density at radius 3 is 2.45 bits per heavy atom. The summed E-state index contributed by atoms with van der Waals surface area (Å²) in [6.45, 7) is 0. The van der Waals surface area contributed by atoms with Crippen molar-refractivity contribution in [1.29, 1.82) is 0 Å². The van der Waals surface area contributed by atoms with Crippen LogP contribution in [0.15, 0.2) is 66.9 Å². The van der Waals surface area contributed by atoms with Crippen LogP contribution in [0.2, 0.25) is 0 Å². The fourth-order valence-corrected chi connectivity index (χ4v) is 2.51. The molecule has 0 saturated heterocycles. The van der Waals surface area contributed by atoms with Crippen molar-refractivity contribution in [3.63, 3.8) is 0 Å². The third-order valence-electron chi connectivity index (χ3n) is 3.50. The second-order valence-corrected chi connectivity index (χ2v) is 4.81. The van der Waals surface area contributed by atoms with Gasteiger partial charge in [0.1, 0.15) is 5.75 Å². The van der Waals surface area contributed by atoms with E-state index in [0.29, 0.717) is 12.1 Å². The van der Waals surface area contributed by atoms with Gasteiger partial charge in [-0.25, -0.2) is 0 Å². The van der Waals surface area contributed by atoms with Gasteiger partial charge in [0.05, 0.1) is 11.7 Å². The van der Waals surface area contributed by atoms with Gasteiger partial charge in [-0.1, -0.05) is 42.5 Å². The maximum Gasteiger partial charge on any atom is 0.159 e. The van der Waals surface area contributed by atoms with Crippen molar-refractivity contribution in [1.82, 2.24) is 0 Å². The molecular formula is C17H15NO2. The Morgan fingerprint density at radius 2 is 1.70 bits per heavy atom. The van der Waals surface area contributed by atoms with Crippen LogP contribution in [0.5, 0.6) is 5.75 Å². The Balaban J connectivity index is 2.05. The quantitative estimate of drug-likeness (QED) is 0.904. The number of carbonyl (C=O) groups is 1. The number of ketones is 1. The number of rotatable bonds is 2. The van der Waals surface area contributed by atoms with Crippen molar-refractivity contribution >= 4 is 11.5 Å². The van der Waals surface area contributed by atoms with Crippen LogP contribution < -0.4 is 4.90 Å². The molecule has 0 aliphatic carbocycles. The number of para-hydroxylation sites is 2. The molecule has 3 nitrogen and oxygen atoms in total. The molecular weight excluding hydrogens is 250 g/mol. The van der Waals surface area contributed by atoms with Crippen LogP contribution in [-0.4, -0.2) is 10.9 Å². The minimum Gasteiger partial charge on any atom is -0.506 e. The molecule has 1 heterocycles. The molecule has 1 aliphatic rings. The fourth-order valence-electron chi connectivity index (χ4n) is 2.51. The Kier molecular flexibility index (Phi) is 3.25. The van der Waals surface area contributed by atoms with Gasteiger partial charge >= 0.3 is 0 Å². The average Bonchev–Trinajstić information content (AvgIpc) is 2.49. The molecule has 0 fully saturated rings. The highest BCUT2D eigenvalue weighted by Crippen LogP contribution is 2.37. The Hall–Kier alpha value is -2.55. The van der Waals surface area contributed by atoms with Crippen LogP contribution >= 0.6 is 0 Å². The molecule has 20 heavy (non-hydrogen) atoms. The van der Waals surface area contributed by atoms with Gasteiger partial charge < -0.3 is 10.0 Å². The number of carbonyl (C=O) groups excluding carboxylic acids is 1. The van der Waals surface area contributed by atoms with E-state index in [1.54, 1.807) is 24.4 Å². The molecule has 3 heteroatoms. The van der Waals surface area contributed by atoms with Crippen molar-refractivity contribution in [3.05, 3.63) is 72.4 Å². The maximum absolute atomic E-state index is 11.7. The summed E-state index contributed by atoms with van der Waals surface area (Å²) in [6, 6.07) is 17.0. The first-order valence-electron chi connectivity index (χ1n) is 6.58. The van der Waals surface area contributed by atoms with E-state index in [2.05, 4.69) is 0 Å². The summed E-state index contributed by atoms with van der Waals surface area (Å²) >= 11 is 0. The number of nitrogens with zero attached hydrogens (tertiary/aromatic N) is 1. The van der Waals surface area contributed by atoms with Gasteiger partial charge in [0.25, 0.3) is 0 Å². The first kappa shape index (κ1) is 12.5. The molecule has 0 amide bonds. The average molecular weight is 265 g/mol. The van der Waals surface area contributed by atoms with E-state index in [4.69, 9.17) is 0 Å². The first-order valence-corrected chi connectivity index (χ1v) is 6.58. The molecule has 100 valence electrons. The summed E-state index contributed by atoms with van der Waals surface area (Å²) in [7, 11) is 0. The van der Waals surface area contributed by atoms with Crippen molar-refractivity contribution in [2.24, 2.45) is 0 Å². The number of allylic oxidation sites excluding steroid dienone is 1. The molecule has 3 rings (SSSR count). The normalized spacial score (nSPS) is 18.3. The SMILES string of the molecule is O=C1C=CN(c2ccccc2O)[C@H](c2ccccc2)C1. The lowest BCUT2D eigenvalue weighted by Crippen LogP contribution is -2.28. The predicted octanol–water partition coefficient (Wildman–Crippen LogP) is 3.43. The molecule has 0 bridgehead atoms. The van der Waals surface area contributed by atoms with Gasteiger partial charge in [-0.05, 0) is 23.8 Å². The molecule has 0 aromatic heterocycles. The Morgan fingerprint density at radius 1 is 1.00 bits per heavy atom. The van der Waals surface area contributed by atoms with E-state index < -0.39 is 0 Å². The summed E-state index contributed by atoms with van der Waals surface area (Å²) in [5.74, 6) is 0.318. The predicted molar refractivity (Wildman–Crippen MR) is 78.5 cm³/mol. The van der Waals surface area contributed by atoms with Gasteiger partial charge in [0, 0.05) is 12.6 Å². The second-order valence-electron chi connectivity index (χ2n) is 4.81. The number of phenols is 1. The summed E-state index contributed by atoms with van der Waals surface area (Å²) in [5.41, 5.74) is 1.78. The monoisotopic (exact) mass is 265 g/mol. The zero-order valence-electron chi connectivity index (χ0n) is 10.9. The molecule has 0 saturated carbocycles. The molecule has 0 unspecified atom stereocenters. The zero-order valence-corrected chi connectivity index (χ0v) is 10.9. The highest BCUT2D eigenvalue weighted by Gasteiger charge is 2.26. The van der Waals surface area contributed by atoms with E-state index in [-0.39, 0.29) is 17.6 Å². The van der Waals surface area contributed by atoms with E-state index in [1.165, 1.54) is 0 Å². The molecule has 2 aromatic rings. The van der Waals surface area contributed by atoms with Gasteiger partial charge in [-0.3, -0.25) is 4.79 Å². The van der Waals surface area contributed by atoms with Gasteiger partial charge in [0.2, 0.25) is 0 Å². The summed E-state index contributed by atoms with van der Waals surface area (Å²) < 4.78 is 0. The van der Waals surface area contributed by atoms with Crippen LogP contribution in [0.1, 0.15) is 18.0 Å². The number of aromatic hydroxyl groups is 1. The van der Waals surface area contributed by atoms with Crippen LogP contribution in [0.25, 0.3) is 0 Å². The lowest BCUT2D eigenvalue weighted by Gasteiger charge is -2.33. The zero-order chi connectivity index (χ0) is 13.9. The highest BCUT2D eigenvalue weighted by atomic mass is 16.3. The standard InChI is InChI=1S/C17H15NO2/c19-14-10-11-18(15-8-4-5-9-17(15)20)16(12-14)13-6-2-1-3-7-13/h1-11,16,20H,12H2/t16-/m0/s1. The van der Waals surface area contributed by atoms with Gasteiger partial charge in [-0.2, -0.15) is 0 Å². The Bertz CT molecular complexity index is 649. The van der Waals surface area contributed by atoms with Crippen molar-refractivity contribution < 1.29 is 9.90 Å². The van der Waals surface area contributed by atoms with E-state index in [9.17, 15) is 9.90 Å². The number of anilines is 1. The number of hydrogen-bond donors (Lipinski definition) is 1. The van der Waals surface area contributed by atoms with Crippen molar-refractivity contribution in [2.45, 2.75) is 12.5 Å². The number of benzene rings is 2. The summed E-state index contributed by atoms with van der Waals surface area (Å²) in [4.78, 5) is 13.7. The number of phenolic OH excluding ortho intramolecular Hbond substituents is 1. The minimum atomic E-state index is -0.0815. The largest absolute Gasteiger partial charge is 0.506 e. The Labute approximate surface area is 117 Å². The maximum atomic E-state index is 11.7. The minimum absolute atomic E-state index is 0.0815. The summed E-state index contributed by atoms with van der Waals surface area (Å²) in [6.07, 6.45) is 3.72. The van der Waals surface area contributed by atoms with E-state index in [0.717, 1.165) is 5.56 Å². The van der Waals surface area contributed by atoms with Crippen LogP contribution in [0.4, 0.5) is 5.69 Å². The second kappa shape index (κ2) is 5.21. The lowest BCUT2D eigenvalue weighted by atomic mass is 9.96. The van der Waals surface area contributed by atoms with E-state index in [1.807, 2.05) is 47.4 Å². The van der Waals surface area contributed by atoms with Gasteiger partial charge in [0.15, 0.2) is 5.78 Å². The van der Waals surface area contributed by atoms with Gasteiger partial charge in [-0.15, -0.1) is 0 Å². The van der Waals surface area contributed by atoms with Crippen LogP contribution in [0, 0.1) is 0 Å². The summed E-state index contributed by atoms with van der Waals surface area (Å²) in [5, 5.41) is 10.0. The topological polar surface area (TPSA) is 40.5 Å². The highest BCUT2D eigenvalue weighted by molar-refractivity contribution is 5.92. The number of hydrogen-bond acceptors (Lipinski definition) is 3. The molecule has 2 aromatic carbocycles. The fraction of sp³-hybridized carbons (Fsp3) is 0.118. The van der Waals surface area contributed by atoms with Crippen LogP contribution in [-0.2, 0) is 4.79 Å². The smallest absolute Gasteiger partial charge is 0.159 e. The van der Waals surface area contributed by atoms with E-state index >= 15 is 0 Å². The first-order chi connectivity index (χ1) is 9.75. The molecule has 0 radical (unpaired) electrons. The molecule has 1 N–H and O–H groups in total.